The van der Waals surface area contributed by atoms with Gasteiger partial charge in [0.25, 0.3) is 0 Å². The van der Waals surface area contributed by atoms with Gasteiger partial charge in [0.1, 0.15) is 5.76 Å². The lowest BCUT2D eigenvalue weighted by atomic mass is 10.1. The predicted molar refractivity (Wildman–Crippen MR) is 77.1 cm³/mol. The average molecular weight is 265 g/mol. The standard InChI is InChI=1S/C15H27N3O/c1-15(2,3)17-11-13-10-14(19-18-13)6-4-5-9-16-12-7-8-12/h10,12,16-17H,4-9,11H2,1-3H3. The van der Waals surface area contributed by atoms with Crippen LogP contribution < -0.4 is 10.6 Å². The molecule has 0 bridgehead atoms. The summed E-state index contributed by atoms with van der Waals surface area (Å²) in [6.07, 6.45) is 6.11. The van der Waals surface area contributed by atoms with E-state index < -0.39 is 0 Å². The molecule has 0 radical (unpaired) electrons. The lowest BCUT2D eigenvalue weighted by molar-refractivity contribution is 0.362. The Morgan fingerprint density at radius 3 is 2.79 bits per heavy atom. The van der Waals surface area contributed by atoms with Crippen LogP contribution >= 0.6 is 0 Å². The van der Waals surface area contributed by atoms with Gasteiger partial charge in [0.15, 0.2) is 0 Å². The molecule has 2 rings (SSSR count). The Morgan fingerprint density at radius 2 is 2.11 bits per heavy atom. The number of hydrogen-bond acceptors (Lipinski definition) is 4. The summed E-state index contributed by atoms with van der Waals surface area (Å²) in [5.41, 5.74) is 1.12. The number of rotatable bonds is 8. The van der Waals surface area contributed by atoms with Crippen molar-refractivity contribution in [2.45, 2.75) is 71.0 Å². The molecule has 1 aromatic rings. The van der Waals surface area contributed by atoms with E-state index in [1.807, 2.05) is 0 Å². The second kappa shape index (κ2) is 6.53. The summed E-state index contributed by atoms with van der Waals surface area (Å²) in [4.78, 5) is 0. The zero-order chi connectivity index (χ0) is 13.7. The lowest BCUT2D eigenvalue weighted by Gasteiger charge is -2.19. The Hall–Kier alpha value is -0.870. The zero-order valence-corrected chi connectivity index (χ0v) is 12.5. The van der Waals surface area contributed by atoms with Crippen LogP contribution in [0, 0.1) is 0 Å². The van der Waals surface area contributed by atoms with Gasteiger partial charge in [-0.2, -0.15) is 0 Å². The molecule has 4 nitrogen and oxygen atoms in total. The largest absolute Gasteiger partial charge is 0.361 e. The third kappa shape index (κ3) is 6.21. The fraction of sp³-hybridized carbons (Fsp3) is 0.800. The maximum atomic E-state index is 5.36. The van der Waals surface area contributed by atoms with Gasteiger partial charge in [-0.25, -0.2) is 0 Å². The minimum absolute atomic E-state index is 0.119. The first-order valence-corrected chi connectivity index (χ1v) is 7.46. The van der Waals surface area contributed by atoms with Crippen LogP contribution in [0.1, 0.15) is 57.9 Å². The highest BCUT2D eigenvalue weighted by atomic mass is 16.5. The molecule has 4 heteroatoms. The first-order chi connectivity index (χ1) is 9.03. The molecule has 0 spiro atoms. The van der Waals surface area contributed by atoms with E-state index >= 15 is 0 Å². The quantitative estimate of drug-likeness (QED) is 0.709. The summed E-state index contributed by atoms with van der Waals surface area (Å²) in [6, 6.07) is 2.90. The summed E-state index contributed by atoms with van der Waals surface area (Å²) >= 11 is 0. The van der Waals surface area contributed by atoms with E-state index in [0.29, 0.717) is 0 Å². The first-order valence-electron chi connectivity index (χ1n) is 7.46. The predicted octanol–water partition coefficient (Wildman–Crippen LogP) is 2.64. The Bertz CT molecular complexity index is 377. The molecule has 1 aromatic heterocycles. The number of aryl methyl sites for hydroxylation is 1. The molecule has 19 heavy (non-hydrogen) atoms. The highest BCUT2D eigenvalue weighted by Gasteiger charge is 2.19. The summed E-state index contributed by atoms with van der Waals surface area (Å²) in [7, 11) is 0. The van der Waals surface area contributed by atoms with Gasteiger partial charge in [0, 0.05) is 30.6 Å². The second-order valence-corrected chi connectivity index (χ2v) is 6.57. The van der Waals surface area contributed by atoms with Gasteiger partial charge in [-0.1, -0.05) is 5.16 Å². The van der Waals surface area contributed by atoms with Gasteiger partial charge in [-0.15, -0.1) is 0 Å². The summed E-state index contributed by atoms with van der Waals surface area (Å²) in [6.45, 7) is 8.37. The lowest BCUT2D eigenvalue weighted by Crippen LogP contribution is -2.35. The molecule has 1 heterocycles. The molecule has 1 saturated carbocycles. The van der Waals surface area contributed by atoms with Crippen molar-refractivity contribution in [3.05, 3.63) is 17.5 Å². The minimum Gasteiger partial charge on any atom is -0.361 e. The third-order valence-corrected chi connectivity index (χ3v) is 3.27. The molecule has 1 aliphatic rings. The Kier molecular flexibility index (Phi) is 4.99. The smallest absolute Gasteiger partial charge is 0.137 e. The second-order valence-electron chi connectivity index (χ2n) is 6.57. The highest BCUT2D eigenvalue weighted by molar-refractivity contribution is 5.05. The molecule has 0 amide bonds. The van der Waals surface area contributed by atoms with Gasteiger partial charge in [0.05, 0.1) is 5.69 Å². The van der Waals surface area contributed by atoms with Gasteiger partial charge in [0.2, 0.25) is 0 Å². The first kappa shape index (κ1) is 14.5. The fourth-order valence-corrected chi connectivity index (χ4v) is 1.93. The van der Waals surface area contributed by atoms with Crippen LogP contribution in [0.15, 0.2) is 10.6 Å². The average Bonchev–Trinajstić information content (AvgIpc) is 3.04. The molecule has 0 aliphatic heterocycles. The molecule has 1 aliphatic carbocycles. The summed E-state index contributed by atoms with van der Waals surface area (Å²) in [5.74, 6) is 1.01. The van der Waals surface area contributed by atoms with Gasteiger partial charge in [-0.05, 0) is 53.0 Å². The van der Waals surface area contributed by atoms with E-state index in [2.05, 4.69) is 42.6 Å². The molecule has 0 saturated heterocycles. The van der Waals surface area contributed by atoms with E-state index in [0.717, 1.165) is 37.0 Å². The maximum Gasteiger partial charge on any atom is 0.137 e. The topological polar surface area (TPSA) is 50.1 Å². The van der Waals surface area contributed by atoms with E-state index in [1.165, 1.54) is 25.7 Å². The Balaban J connectivity index is 1.59. The third-order valence-electron chi connectivity index (χ3n) is 3.27. The molecule has 108 valence electrons. The zero-order valence-electron chi connectivity index (χ0n) is 12.5. The van der Waals surface area contributed by atoms with Crippen molar-refractivity contribution in [3.63, 3.8) is 0 Å². The number of nitrogens with zero attached hydrogens (tertiary/aromatic N) is 1. The number of hydrogen-bond donors (Lipinski definition) is 2. The van der Waals surface area contributed by atoms with Crippen LogP contribution in [0.3, 0.4) is 0 Å². The van der Waals surface area contributed by atoms with Crippen molar-refractivity contribution in [3.8, 4) is 0 Å². The van der Waals surface area contributed by atoms with Crippen LogP contribution in [0.4, 0.5) is 0 Å². The highest BCUT2D eigenvalue weighted by Crippen LogP contribution is 2.18. The van der Waals surface area contributed by atoms with Crippen molar-refractivity contribution in [2.75, 3.05) is 6.54 Å². The van der Waals surface area contributed by atoms with Crippen LogP contribution in [0.2, 0.25) is 0 Å². The van der Waals surface area contributed by atoms with Crippen molar-refractivity contribution in [1.82, 2.24) is 15.8 Å². The van der Waals surface area contributed by atoms with Crippen LogP contribution in [0.5, 0.6) is 0 Å². The molecule has 1 fully saturated rings. The van der Waals surface area contributed by atoms with E-state index in [1.54, 1.807) is 0 Å². The molecule has 0 unspecified atom stereocenters. The molecule has 0 aromatic carbocycles. The van der Waals surface area contributed by atoms with Gasteiger partial charge >= 0.3 is 0 Å². The number of unbranched alkanes of at least 4 members (excludes halogenated alkanes) is 1. The SMILES string of the molecule is CC(C)(C)NCc1cc(CCCCNC2CC2)on1. The minimum atomic E-state index is 0.119. The van der Waals surface area contributed by atoms with Gasteiger partial charge < -0.3 is 15.2 Å². The number of nitrogens with one attached hydrogen (secondary N) is 2. The van der Waals surface area contributed by atoms with Crippen LogP contribution in [-0.2, 0) is 13.0 Å². The van der Waals surface area contributed by atoms with Crippen molar-refractivity contribution in [2.24, 2.45) is 0 Å². The Morgan fingerprint density at radius 1 is 1.32 bits per heavy atom. The van der Waals surface area contributed by atoms with Crippen molar-refractivity contribution >= 4 is 0 Å². The monoisotopic (exact) mass is 265 g/mol. The molecule has 2 N–H and O–H groups in total. The Labute approximate surface area is 116 Å². The normalized spacial score (nSPS) is 15.9. The maximum absolute atomic E-state index is 5.36. The van der Waals surface area contributed by atoms with Crippen LogP contribution in [0.25, 0.3) is 0 Å². The number of aromatic nitrogens is 1. The van der Waals surface area contributed by atoms with Crippen LogP contribution in [-0.4, -0.2) is 23.3 Å². The van der Waals surface area contributed by atoms with Crippen molar-refractivity contribution < 1.29 is 4.52 Å². The molecule has 0 atom stereocenters. The van der Waals surface area contributed by atoms with E-state index in [4.69, 9.17) is 4.52 Å². The summed E-state index contributed by atoms with van der Waals surface area (Å²) < 4.78 is 5.36. The van der Waals surface area contributed by atoms with Crippen molar-refractivity contribution in [1.29, 1.82) is 0 Å². The van der Waals surface area contributed by atoms with E-state index in [9.17, 15) is 0 Å². The van der Waals surface area contributed by atoms with E-state index in [-0.39, 0.29) is 5.54 Å². The summed E-state index contributed by atoms with van der Waals surface area (Å²) in [5, 5.41) is 11.0. The van der Waals surface area contributed by atoms with Gasteiger partial charge in [-0.3, -0.25) is 0 Å². The molecular weight excluding hydrogens is 238 g/mol. The molecular formula is C15H27N3O. The fourth-order valence-electron chi connectivity index (χ4n) is 1.93.